The SMILES string of the molecule is CCOC(C)(CC)c1nc(=S)c(Br)c(COC)[nH]1. The van der Waals surface area contributed by atoms with Crippen LogP contribution < -0.4 is 0 Å². The average Bonchev–Trinajstić information content (AvgIpc) is 2.35. The largest absolute Gasteiger partial charge is 0.378 e. The molecule has 0 aliphatic rings. The molecule has 18 heavy (non-hydrogen) atoms. The van der Waals surface area contributed by atoms with Crippen LogP contribution in [0.2, 0.25) is 0 Å². The Bertz CT molecular complexity index is 464. The van der Waals surface area contributed by atoms with Crippen LogP contribution in [-0.2, 0) is 21.7 Å². The van der Waals surface area contributed by atoms with Gasteiger partial charge in [-0.2, -0.15) is 0 Å². The molecule has 0 bridgehead atoms. The summed E-state index contributed by atoms with van der Waals surface area (Å²) < 4.78 is 12.2. The number of rotatable bonds is 6. The van der Waals surface area contributed by atoms with Crippen molar-refractivity contribution in [2.24, 2.45) is 0 Å². The molecule has 0 radical (unpaired) electrons. The molecule has 1 heterocycles. The van der Waals surface area contributed by atoms with Crippen LogP contribution in [0.25, 0.3) is 0 Å². The van der Waals surface area contributed by atoms with E-state index in [2.05, 4.69) is 32.8 Å². The molecule has 1 unspecified atom stereocenters. The highest BCUT2D eigenvalue weighted by Gasteiger charge is 2.28. The van der Waals surface area contributed by atoms with Crippen molar-refractivity contribution in [1.29, 1.82) is 0 Å². The van der Waals surface area contributed by atoms with Gasteiger partial charge in [-0.3, -0.25) is 0 Å². The summed E-state index contributed by atoms with van der Waals surface area (Å²) in [6, 6.07) is 0. The van der Waals surface area contributed by atoms with E-state index in [0.717, 1.165) is 22.4 Å². The summed E-state index contributed by atoms with van der Waals surface area (Å²) in [6.07, 6.45) is 0.813. The van der Waals surface area contributed by atoms with Gasteiger partial charge in [-0.05, 0) is 36.2 Å². The van der Waals surface area contributed by atoms with E-state index in [4.69, 9.17) is 21.7 Å². The molecule has 0 amide bonds. The Labute approximate surface area is 121 Å². The molecule has 0 saturated carbocycles. The van der Waals surface area contributed by atoms with Gasteiger partial charge in [0, 0.05) is 13.7 Å². The van der Waals surface area contributed by atoms with Crippen LogP contribution in [0.5, 0.6) is 0 Å². The fourth-order valence-corrected chi connectivity index (χ4v) is 2.17. The highest BCUT2D eigenvalue weighted by atomic mass is 79.9. The number of H-pyrrole nitrogens is 1. The van der Waals surface area contributed by atoms with Gasteiger partial charge in [0.1, 0.15) is 16.1 Å². The quantitative estimate of drug-likeness (QED) is 0.805. The number of hydrogen-bond acceptors (Lipinski definition) is 4. The maximum atomic E-state index is 5.80. The monoisotopic (exact) mass is 334 g/mol. The molecule has 1 rings (SSSR count). The van der Waals surface area contributed by atoms with E-state index in [-0.39, 0.29) is 0 Å². The summed E-state index contributed by atoms with van der Waals surface area (Å²) in [6.45, 7) is 7.12. The van der Waals surface area contributed by atoms with Crippen molar-refractivity contribution >= 4 is 28.1 Å². The van der Waals surface area contributed by atoms with Gasteiger partial charge in [-0.1, -0.05) is 19.1 Å². The summed E-state index contributed by atoms with van der Waals surface area (Å²) in [4.78, 5) is 7.67. The van der Waals surface area contributed by atoms with Crippen LogP contribution in [0.4, 0.5) is 0 Å². The van der Waals surface area contributed by atoms with Crippen LogP contribution in [-0.4, -0.2) is 23.7 Å². The van der Waals surface area contributed by atoms with Gasteiger partial charge in [-0.25, -0.2) is 4.98 Å². The Kier molecular flexibility index (Phi) is 5.91. The van der Waals surface area contributed by atoms with Gasteiger partial charge in [0.05, 0.1) is 16.8 Å². The molecule has 1 N–H and O–H groups in total. The van der Waals surface area contributed by atoms with Crippen molar-refractivity contribution in [2.45, 2.75) is 39.4 Å². The Morgan fingerprint density at radius 3 is 2.61 bits per heavy atom. The zero-order valence-electron chi connectivity index (χ0n) is 11.2. The second-order valence-corrected chi connectivity index (χ2v) is 5.31. The lowest BCUT2D eigenvalue weighted by Crippen LogP contribution is -2.28. The predicted molar refractivity (Wildman–Crippen MR) is 77.1 cm³/mol. The average molecular weight is 335 g/mol. The van der Waals surface area contributed by atoms with Crippen LogP contribution in [0.3, 0.4) is 0 Å². The van der Waals surface area contributed by atoms with E-state index in [1.165, 1.54) is 0 Å². The molecule has 1 aromatic rings. The number of hydrogen-bond donors (Lipinski definition) is 1. The van der Waals surface area contributed by atoms with Crippen molar-refractivity contribution in [3.8, 4) is 0 Å². The van der Waals surface area contributed by atoms with Crippen LogP contribution >= 0.6 is 28.1 Å². The molecule has 0 aromatic carbocycles. The third-order valence-electron chi connectivity index (χ3n) is 2.86. The van der Waals surface area contributed by atoms with Gasteiger partial charge < -0.3 is 14.5 Å². The first-order valence-electron chi connectivity index (χ1n) is 5.90. The lowest BCUT2D eigenvalue weighted by molar-refractivity contribution is -0.0394. The fraction of sp³-hybridized carbons (Fsp3) is 0.667. The van der Waals surface area contributed by atoms with Crippen molar-refractivity contribution in [2.75, 3.05) is 13.7 Å². The molecule has 0 saturated heterocycles. The molecule has 1 atom stereocenters. The molecule has 0 aliphatic heterocycles. The molecule has 102 valence electrons. The second kappa shape index (κ2) is 6.75. The third kappa shape index (κ3) is 3.38. The standard InChI is InChI=1S/C12H19BrN2O2S/c1-5-12(3,17-6-2)11-14-8(7-16-4)9(13)10(18)15-11/h5-7H2,1-4H3,(H,14,15,18). The highest BCUT2D eigenvalue weighted by molar-refractivity contribution is 9.10. The van der Waals surface area contributed by atoms with Crippen molar-refractivity contribution in [3.05, 3.63) is 20.6 Å². The molecular weight excluding hydrogens is 316 g/mol. The topological polar surface area (TPSA) is 47.1 Å². The number of nitrogens with zero attached hydrogens (tertiary/aromatic N) is 1. The van der Waals surface area contributed by atoms with Crippen molar-refractivity contribution in [3.63, 3.8) is 0 Å². The summed E-state index contributed by atoms with van der Waals surface area (Å²) >= 11 is 8.68. The van der Waals surface area contributed by atoms with Crippen molar-refractivity contribution < 1.29 is 9.47 Å². The van der Waals surface area contributed by atoms with E-state index < -0.39 is 5.60 Å². The van der Waals surface area contributed by atoms with E-state index >= 15 is 0 Å². The van der Waals surface area contributed by atoms with Gasteiger partial charge in [-0.15, -0.1) is 0 Å². The fourth-order valence-electron chi connectivity index (χ4n) is 1.66. The Morgan fingerprint density at radius 2 is 2.11 bits per heavy atom. The summed E-state index contributed by atoms with van der Waals surface area (Å²) in [5.41, 5.74) is 0.428. The molecule has 0 spiro atoms. The molecular formula is C12H19BrN2O2S. The lowest BCUT2D eigenvalue weighted by atomic mass is 10.0. The maximum absolute atomic E-state index is 5.80. The van der Waals surface area contributed by atoms with Crippen LogP contribution in [0, 0.1) is 4.64 Å². The van der Waals surface area contributed by atoms with E-state index in [9.17, 15) is 0 Å². The van der Waals surface area contributed by atoms with Gasteiger partial charge >= 0.3 is 0 Å². The number of ether oxygens (including phenoxy) is 2. The van der Waals surface area contributed by atoms with Crippen molar-refractivity contribution in [1.82, 2.24) is 9.97 Å². The lowest BCUT2D eigenvalue weighted by Gasteiger charge is -2.27. The highest BCUT2D eigenvalue weighted by Crippen LogP contribution is 2.28. The number of nitrogens with one attached hydrogen (secondary N) is 1. The minimum absolute atomic E-state index is 0.450. The molecule has 6 heteroatoms. The maximum Gasteiger partial charge on any atom is 0.144 e. The molecule has 1 aromatic heterocycles. The minimum atomic E-state index is -0.453. The minimum Gasteiger partial charge on any atom is -0.378 e. The Hall–Kier alpha value is -0.300. The summed E-state index contributed by atoms with van der Waals surface area (Å²) in [5, 5.41) is 0. The Morgan fingerprint density at radius 1 is 1.44 bits per heavy atom. The molecule has 0 aliphatic carbocycles. The first kappa shape index (κ1) is 15.8. The number of halogens is 1. The molecule has 4 nitrogen and oxygen atoms in total. The first-order valence-corrected chi connectivity index (χ1v) is 7.10. The summed E-state index contributed by atoms with van der Waals surface area (Å²) in [5.74, 6) is 0.743. The van der Waals surface area contributed by atoms with Gasteiger partial charge in [0.15, 0.2) is 0 Å². The van der Waals surface area contributed by atoms with Gasteiger partial charge in [0.2, 0.25) is 0 Å². The number of aromatic nitrogens is 2. The van der Waals surface area contributed by atoms with E-state index in [1.807, 2.05) is 13.8 Å². The van der Waals surface area contributed by atoms with E-state index in [1.54, 1.807) is 7.11 Å². The smallest absolute Gasteiger partial charge is 0.144 e. The Balaban J connectivity index is 3.28. The predicted octanol–water partition coefficient (Wildman–Crippen LogP) is 3.71. The normalized spacial score (nSPS) is 14.5. The van der Waals surface area contributed by atoms with Gasteiger partial charge in [0.25, 0.3) is 0 Å². The third-order valence-corrected chi connectivity index (χ3v) is 4.27. The second-order valence-electron chi connectivity index (χ2n) is 4.13. The number of aromatic amines is 1. The molecule has 0 fully saturated rings. The zero-order chi connectivity index (χ0) is 13.8. The van der Waals surface area contributed by atoms with Crippen LogP contribution in [0.1, 0.15) is 38.7 Å². The van der Waals surface area contributed by atoms with Crippen LogP contribution in [0.15, 0.2) is 4.47 Å². The number of methoxy groups -OCH3 is 1. The zero-order valence-corrected chi connectivity index (χ0v) is 13.6. The summed E-state index contributed by atoms with van der Waals surface area (Å²) in [7, 11) is 1.64. The van der Waals surface area contributed by atoms with E-state index in [0.29, 0.717) is 17.9 Å². The first-order chi connectivity index (χ1) is 8.48.